The Labute approximate surface area is 230 Å². The summed E-state index contributed by atoms with van der Waals surface area (Å²) < 4.78 is 13.3. The van der Waals surface area contributed by atoms with Crippen LogP contribution in [-0.4, -0.2) is 45.8 Å². The number of benzene rings is 2. The van der Waals surface area contributed by atoms with Gasteiger partial charge in [0.25, 0.3) is 11.8 Å². The van der Waals surface area contributed by atoms with Crippen LogP contribution >= 0.6 is 0 Å². The van der Waals surface area contributed by atoms with Crippen molar-refractivity contribution in [2.45, 2.75) is 19.5 Å². The zero-order valence-electron chi connectivity index (χ0n) is 22.1. The highest BCUT2D eigenvalue weighted by Gasteiger charge is 2.18. The molecule has 2 aromatic carbocycles. The Bertz CT molecular complexity index is 1580. The molecule has 0 aliphatic carbocycles. The van der Waals surface area contributed by atoms with Crippen LogP contribution in [0.3, 0.4) is 0 Å². The average Bonchev–Trinajstić information content (AvgIpc) is 2.96. The molecule has 0 saturated carbocycles. The summed E-state index contributed by atoms with van der Waals surface area (Å²) in [5.41, 5.74) is 9.24. The van der Waals surface area contributed by atoms with Gasteiger partial charge in [0, 0.05) is 32.4 Å². The molecular weight excluding hydrogens is 511 g/mol. The summed E-state index contributed by atoms with van der Waals surface area (Å²) in [6.07, 6.45) is 2.89. The highest BCUT2D eigenvalue weighted by Crippen LogP contribution is 2.22. The van der Waals surface area contributed by atoms with Crippen molar-refractivity contribution in [1.29, 1.82) is 5.26 Å². The predicted molar refractivity (Wildman–Crippen MR) is 148 cm³/mol. The van der Waals surface area contributed by atoms with Crippen LogP contribution in [0.5, 0.6) is 0 Å². The number of halogens is 1. The lowest BCUT2D eigenvalue weighted by molar-refractivity contribution is 0.0822. The fraction of sp³-hybridized carbons (Fsp3) is 0.172. The number of carbonyl (C=O) groups excluding carboxylic acids is 2. The second kappa shape index (κ2) is 12.0. The number of nitrogen functional groups attached to an aromatic ring is 1. The molecular formula is C29H27FN8O2. The zero-order chi connectivity index (χ0) is 28.8. The highest BCUT2D eigenvalue weighted by molar-refractivity contribution is 5.99. The van der Waals surface area contributed by atoms with Crippen molar-refractivity contribution in [2.24, 2.45) is 0 Å². The summed E-state index contributed by atoms with van der Waals surface area (Å²) in [5, 5.41) is 15.4. The van der Waals surface area contributed by atoms with Crippen molar-refractivity contribution in [1.82, 2.24) is 25.2 Å². The number of carbonyl (C=O) groups is 2. The number of aromatic nitrogens is 3. The lowest BCUT2D eigenvalue weighted by atomic mass is 10.1. The number of amides is 2. The quantitative estimate of drug-likeness (QED) is 0.305. The standard InChI is InChI=1S/C29H27FN8O2/c1-17(20-8-10-22(30)11-9-20)36-28(39)23-12-19(13-31)15-35-27(23)34-14-18-4-6-21(7-5-18)24-16-33-26(32)25(37-24)29(40)38(2)3/h4-12,15-17H,14H2,1-3H3,(H2,32,33)(H,34,35)(H,36,39)/t17-/m0/s1. The molecule has 0 fully saturated rings. The van der Waals surface area contributed by atoms with Crippen LogP contribution < -0.4 is 16.4 Å². The highest BCUT2D eigenvalue weighted by atomic mass is 19.1. The van der Waals surface area contributed by atoms with Gasteiger partial charge in [-0.25, -0.2) is 19.3 Å². The van der Waals surface area contributed by atoms with E-state index >= 15 is 0 Å². The topological polar surface area (TPSA) is 150 Å². The van der Waals surface area contributed by atoms with Crippen molar-refractivity contribution < 1.29 is 14.0 Å². The first-order chi connectivity index (χ1) is 19.2. The van der Waals surface area contributed by atoms with Crippen LogP contribution in [0.25, 0.3) is 11.3 Å². The summed E-state index contributed by atoms with van der Waals surface area (Å²) in [5.74, 6) is -0.759. The minimum Gasteiger partial charge on any atom is -0.382 e. The minimum atomic E-state index is -0.427. The zero-order valence-corrected chi connectivity index (χ0v) is 22.1. The Morgan fingerprint density at radius 1 is 1.07 bits per heavy atom. The molecule has 0 unspecified atom stereocenters. The summed E-state index contributed by atoms with van der Waals surface area (Å²) in [6, 6.07) is 16.3. The van der Waals surface area contributed by atoms with E-state index in [-0.39, 0.29) is 34.4 Å². The summed E-state index contributed by atoms with van der Waals surface area (Å²) >= 11 is 0. The molecule has 2 aromatic heterocycles. The third kappa shape index (κ3) is 6.36. The maximum Gasteiger partial charge on any atom is 0.275 e. The number of hydrogen-bond acceptors (Lipinski definition) is 8. The molecule has 0 saturated heterocycles. The van der Waals surface area contributed by atoms with E-state index in [0.717, 1.165) is 16.7 Å². The lowest BCUT2D eigenvalue weighted by Gasteiger charge is -2.16. The lowest BCUT2D eigenvalue weighted by Crippen LogP contribution is -2.28. The van der Waals surface area contributed by atoms with Gasteiger partial charge in [0.15, 0.2) is 11.5 Å². The van der Waals surface area contributed by atoms with Crippen LogP contribution in [-0.2, 0) is 6.54 Å². The summed E-state index contributed by atoms with van der Waals surface area (Å²) in [4.78, 5) is 39.6. The van der Waals surface area contributed by atoms with Crippen LogP contribution in [0, 0.1) is 17.1 Å². The van der Waals surface area contributed by atoms with Gasteiger partial charge in [0.1, 0.15) is 17.7 Å². The normalized spacial score (nSPS) is 11.3. The van der Waals surface area contributed by atoms with Gasteiger partial charge < -0.3 is 21.3 Å². The Balaban J connectivity index is 1.49. The van der Waals surface area contributed by atoms with E-state index < -0.39 is 11.9 Å². The van der Waals surface area contributed by atoms with E-state index in [1.165, 1.54) is 35.5 Å². The summed E-state index contributed by atoms with van der Waals surface area (Å²) in [7, 11) is 3.23. The molecule has 0 bridgehead atoms. The maximum absolute atomic E-state index is 13.3. The van der Waals surface area contributed by atoms with Crippen LogP contribution in [0.2, 0.25) is 0 Å². The molecule has 2 amide bonds. The number of nitrogens with one attached hydrogen (secondary N) is 2. The number of rotatable bonds is 8. The Hall–Kier alpha value is -5.37. The minimum absolute atomic E-state index is 0.0603. The second-order valence-corrected chi connectivity index (χ2v) is 9.22. The van der Waals surface area contributed by atoms with Crippen molar-refractivity contribution >= 4 is 23.5 Å². The van der Waals surface area contributed by atoms with Crippen LogP contribution in [0.4, 0.5) is 16.0 Å². The monoisotopic (exact) mass is 538 g/mol. The maximum atomic E-state index is 13.3. The van der Waals surface area contributed by atoms with Crippen molar-refractivity contribution in [3.05, 3.63) is 101 Å². The first-order valence-corrected chi connectivity index (χ1v) is 12.3. The smallest absolute Gasteiger partial charge is 0.275 e. The number of nitriles is 1. The molecule has 4 aromatic rings. The van der Waals surface area contributed by atoms with Gasteiger partial charge in [-0.15, -0.1) is 0 Å². The third-order valence-corrected chi connectivity index (χ3v) is 6.10. The first kappa shape index (κ1) is 27.7. The predicted octanol–water partition coefficient (Wildman–Crippen LogP) is 3.94. The van der Waals surface area contributed by atoms with Gasteiger partial charge in [-0.3, -0.25) is 9.59 Å². The second-order valence-electron chi connectivity index (χ2n) is 9.22. The Morgan fingerprint density at radius 3 is 2.42 bits per heavy atom. The van der Waals surface area contributed by atoms with E-state index in [4.69, 9.17) is 5.73 Å². The van der Waals surface area contributed by atoms with Crippen molar-refractivity contribution in [3.8, 4) is 17.3 Å². The van der Waals surface area contributed by atoms with Gasteiger partial charge in [0.05, 0.1) is 29.1 Å². The van der Waals surface area contributed by atoms with Gasteiger partial charge in [-0.05, 0) is 36.2 Å². The third-order valence-electron chi connectivity index (χ3n) is 6.10. The first-order valence-electron chi connectivity index (χ1n) is 12.3. The number of anilines is 2. The van der Waals surface area contributed by atoms with E-state index in [0.29, 0.717) is 18.1 Å². The molecule has 0 radical (unpaired) electrons. The fourth-order valence-electron chi connectivity index (χ4n) is 3.83. The van der Waals surface area contributed by atoms with Gasteiger partial charge in [-0.2, -0.15) is 5.26 Å². The molecule has 11 heteroatoms. The molecule has 4 rings (SSSR count). The number of pyridine rings is 1. The molecule has 202 valence electrons. The Kier molecular flexibility index (Phi) is 8.30. The van der Waals surface area contributed by atoms with Crippen LogP contribution in [0.15, 0.2) is 67.0 Å². The molecule has 2 heterocycles. The molecule has 1 atom stereocenters. The van der Waals surface area contributed by atoms with Gasteiger partial charge >= 0.3 is 0 Å². The van der Waals surface area contributed by atoms with Gasteiger partial charge in [-0.1, -0.05) is 36.4 Å². The molecule has 0 spiro atoms. The van der Waals surface area contributed by atoms with Crippen molar-refractivity contribution in [2.75, 3.05) is 25.1 Å². The number of nitrogens with two attached hydrogens (primary N) is 1. The number of nitrogens with zero attached hydrogens (tertiary/aromatic N) is 5. The van der Waals surface area contributed by atoms with Crippen LogP contribution in [0.1, 0.15) is 50.5 Å². The van der Waals surface area contributed by atoms with Gasteiger partial charge in [0.2, 0.25) is 0 Å². The molecule has 40 heavy (non-hydrogen) atoms. The summed E-state index contributed by atoms with van der Waals surface area (Å²) in [6.45, 7) is 2.12. The Morgan fingerprint density at radius 2 is 1.77 bits per heavy atom. The largest absolute Gasteiger partial charge is 0.382 e. The van der Waals surface area contributed by atoms with Crippen molar-refractivity contribution in [3.63, 3.8) is 0 Å². The number of hydrogen-bond donors (Lipinski definition) is 3. The molecule has 0 aliphatic heterocycles. The molecule has 0 aliphatic rings. The van der Waals surface area contributed by atoms with E-state index in [9.17, 15) is 19.2 Å². The SMILES string of the molecule is C[C@H](NC(=O)c1cc(C#N)cnc1NCc1ccc(-c2cnc(N)c(C(=O)N(C)C)n2)cc1)c1ccc(F)cc1. The van der Waals surface area contributed by atoms with E-state index in [2.05, 4.69) is 25.6 Å². The molecule has 4 N–H and O–H groups in total. The van der Waals surface area contributed by atoms with E-state index in [1.807, 2.05) is 30.3 Å². The molecule has 10 nitrogen and oxygen atoms in total. The van der Waals surface area contributed by atoms with E-state index in [1.54, 1.807) is 33.2 Å². The fourth-order valence-corrected chi connectivity index (χ4v) is 3.83. The average molecular weight is 539 g/mol.